The van der Waals surface area contributed by atoms with Crippen LogP contribution in [-0.2, 0) is 18.4 Å². The molecule has 2 rings (SSSR count). The highest BCUT2D eigenvalue weighted by atomic mass is 79.9. The van der Waals surface area contributed by atoms with Crippen molar-refractivity contribution in [3.05, 3.63) is 38.2 Å². The van der Waals surface area contributed by atoms with Crippen molar-refractivity contribution in [1.29, 1.82) is 0 Å². The molecule has 0 spiro atoms. The van der Waals surface area contributed by atoms with E-state index in [1.54, 1.807) is 6.92 Å². The van der Waals surface area contributed by atoms with E-state index in [0.717, 1.165) is 4.57 Å². The Balaban J connectivity index is 3.00. The molecular formula is C13H15BrN4O3. The number of Topliss-reactive ketones (excluding diaryl/α,β-unsaturated/α-hetero) is 1. The summed E-state index contributed by atoms with van der Waals surface area (Å²) in [6.07, 6.45) is 1.47. The highest BCUT2D eigenvalue weighted by Gasteiger charge is 2.23. The van der Waals surface area contributed by atoms with Crippen LogP contribution >= 0.6 is 15.9 Å². The number of fused-ring (bicyclic) bond motifs is 1. The molecule has 2 aromatic heterocycles. The van der Waals surface area contributed by atoms with Crippen LogP contribution in [0.25, 0.3) is 11.2 Å². The Kier molecular flexibility index (Phi) is 3.99. The standard InChI is InChI=1S/C13H15BrN4O3/c1-5-6-17-11(20)9-10(16(4)13(17)21)15-12(14)18(9)7(2)8(3)19/h5,7H,1,6H2,2-4H3/t7-/m0/s1. The fourth-order valence-electron chi connectivity index (χ4n) is 2.14. The zero-order chi connectivity index (χ0) is 15.9. The van der Waals surface area contributed by atoms with Crippen molar-refractivity contribution < 1.29 is 4.79 Å². The van der Waals surface area contributed by atoms with E-state index < -0.39 is 17.3 Å². The Hall–Kier alpha value is -1.96. The van der Waals surface area contributed by atoms with Crippen molar-refractivity contribution in [1.82, 2.24) is 18.7 Å². The van der Waals surface area contributed by atoms with E-state index in [1.807, 2.05) is 0 Å². The average Bonchev–Trinajstić information content (AvgIpc) is 2.77. The maximum atomic E-state index is 12.6. The molecular weight excluding hydrogens is 340 g/mol. The van der Waals surface area contributed by atoms with Crippen LogP contribution in [0.3, 0.4) is 0 Å². The van der Waals surface area contributed by atoms with E-state index in [4.69, 9.17) is 0 Å². The molecule has 0 amide bonds. The van der Waals surface area contributed by atoms with Gasteiger partial charge in [0.25, 0.3) is 5.56 Å². The van der Waals surface area contributed by atoms with Crippen LogP contribution in [0, 0.1) is 0 Å². The summed E-state index contributed by atoms with van der Waals surface area (Å²) in [5.41, 5.74) is -0.502. The molecule has 0 aliphatic carbocycles. The second-order valence-electron chi connectivity index (χ2n) is 4.76. The number of halogens is 1. The molecule has 21 heavy (non-hydrogen) atoms. The third-order valence-electron chi connectivity index (χ3n) is 3.42. The molecule has 0 N–H and O–H groups in total. The number of allylic oxidation sites excluding steroid dienone is 1. The molecule has 0 aliphatic rings. The lowest BCUT2D eigenvalue weighted by Gasteiger charge is -2.13. The van der Waals surface area contributed by atoms with Crippen molar-refractivity contribution in [2.75, 3.05) is 0 Å². The van der Waals surface area contributed by atoms with Crippen molar-refractivity contribution in [2.24, 2.45) is 7.05 Å². The molecule has 0 saturated carbocycles. The first kappa shape index (κ1) is 15.4. The Bertz CT molecular complexity index is 859. The van der Waals surface area contributed by atoms with Gasteiger partial charge in [-0.25, -0.2) is 9.78 Å². The zero-order valence-electron chi connectivity index (χ0n) is 12.0. The number of imidazole rings is 1. The lowest BCUT2D eigenvalue weighted by Crippen LogP contribution is -2.39. The maximum absolute atomic E-state index is 12.6. The molecule has 7 nitrogen and oxygen atoms in total. The second-order valence-corrected chi connectivity index (χ2v) is 5.46. The van der Waals surface area contributed by atoms with E-state index >= 15 is 0 Å². The summed E-state index contributed by atoms with van der Waals surface area (Å²) >= 11 is 3.25. The highest BCUT2D eigenvalue weighted by Crippen LogP contribution is 2.22. The topological polar surface area (TPSA) is 78.9 Å². The Labute approximate surface area is 128 Å². The van der Waals surface area contributed by atoms with Crippen LogP contribution in [0.1, 0.15) is 19.9 Å². The van der Waals surface area contributed by atoms with E-state index in [0.29, 0.717) is 4.73 Å². The normalized spacial score (nSPS) is 12.6. The van der Waals surface area contributed by atoms with Crippen molar-refractivity contribution in [3.63, 3.8) is 0 Å². The number of hydrogen-bond acceptors (Lipinski definition) is 4. The van der Waals surface area contributed by atoms with Gasteiger partial charge in [-0.3, -0.25) is 18.7 Å². The van der Waals surface area contributed by atoms with Crippen LogP contribution in [0.5, 0.6) is 0 Å². The highest BCUT2D eigenvalue weighted by molar-refractivity contribution is 9.10. The van der Waals surface area contributed by atoms with E-state index in [2.05, 4.69) is 27.5 Å². The smallest absolute Gasteiger partial charge is 0.302 e. The van der Waals surface area contributed by atoms with Crippen molar-refractivity contribution >= 4 is 32.9 Å². The van der Waals surface area contributed by atoms with Gasteiger partial charge in [-0.15, -0.1) is 6.58 Å². The van der Waals surface area contributed by atoms with Crippen molar-refractivity contribution in [3.8, 4) is 0 Å². The molecule has 0 fully saturated rings. The molecule has 0 unspecified atom stereocenters. The van der Waals surface area contributed by atoms with Gasteiger partial charge in [0, 0.05) is 13.6 Å². The van der Waals surface area contributed by atoms with Crippen LogP contribution in [0.15, 0.2) is 27.0 Å². The minimum Gasteiger partial charge on any atom is -0.302 e. The van der Waals surface area contributed by atoms with Crippen LogP contribution < -0.4 is 11.2 Å². The van der Waals surface area contributed by atoms with E-state index in [1.165, 1.54) is 29.2 Å². The Morgan fingerprint density at radius 3 is 2.62 bits per heavy atom. The van der Waals surface area contributed by atoms with Gasteiger partial charge in [0.1, 0.15) is 0 Å². The monoisotopic (exact) mass is 354 g/mol. The molecule has 1 atom stereocenters. The predicted octanol–water partition coefficient (Wildman–Crippen LogP) is 0.995. The van der Waals surface area contributed by atoms with Crippen molar-refractivity contribution in [2.45, 2.75) is 26.4 Å². The Morgan fingerprint density at radius 2 is 2.10 bits per heavy atom. The number of aromatic nitrogens is 4. The summed E-state index contributed by atoms with van der Waals surface area (Å²) in [6, 6.07) is -0.563. The third kappa shape index (κ3) is 2.29. The molecule has 2 heterocycles. The quantitative estimate of drug-likeness (QED) is 0.605. The molecule has 0 bridgehead atoms. The first-order valence-electron chi connectivity index (χ1n) is 6.29. The second kappa shape index (κ2) is 5.44. The Morgan fingerprint density at radius 1 is 1.48 bits per heavy atom. The van der Waals surface area contributed by atoms with Gasteiger partial charge in [0.05, 0.1) is 6.04 Å². The number of carbonyl (C=O) groups excluding carboxylic acids is 1. The molecule has 2 aromatic rings. The molecule has 0 aliphatic heterocycles. The van der Waals surface area contributed by atoms with Gasteiger partial charge in [0.2, 0.25) is 0 Å². The van der Waals surface area contributed by atoms with Gasteiger partial charge < -0.3 is 4.57 Å². The number of ketones is 1. The number of rotatable bonds is 4. The van der Waals surface area contributed by atoms with Gasteiger partial charge in [0.15, 0.2) is 21.7 Å². The average molecular weight is 355 g/mol. The fourth-order valence-corrected chi connectivity index (χ4v) is 2.79. The maximum Gasteiger partial charge on any atom is 0.332 e. The minimum absolute atomic E-state index is 0.0959. The molecule has 0 aromatic carbocycles. The van der Waals surface area contributed by atoms with Gasteiger partial charge >= 0.3 is 5.69 Å². The van der Waals surface area contributed by atoms with Crippen LogP contribution in [0.4, 0.5) is 0 Å². The number of hydrogen-bond donors (Lipinski definition) is 0. The van der Waals surface area contributed by atoms with Gasteiger partial charge in [-0.2, -0.15) is 0 Å². The largest absolute Gasteiger partial charge is 0.332 e. The van der Waals surface area contributed by atoms with Crippen LogP contribution in [-0.4, -0.2) is 24.5 Å². The number of nitrogens with zero attached hydrogens (tertiary/aromatic N) is 4. The molecule has 0 radical (unpaired) electrons. The first-order valence-corrected chi connectivity index (χ1v) is 7.09. The van der Waals surface area contributed by atoms with E-state index in [9.17, 15) is 14.4 Å². The lowest BCUT2D eigenvalue weighted by molar-refractivity contribution is -0.119. The minimum atomic E-state index is -0.563. The van der Waals surface area contributed by atoms with E-state index in [-0.39, 0.29) is 23.5 Å². The molecule has 0 saturated heterocycles. The SMILES string of the molecule is C=CCn1c(=O)c2c(nc(Br)n2[C@@H](C)C(C)=O)n(C)c1=O. The number of aryl methyl sites for hydroxylation is 1. The summed E-state index contributed by atoms with van der Waals surface area (Å²) in [5.74, 6) is -0.112. The summed E-state index contributed by atoms with van der Waals surface area (Å²) in [4.78, 5) is 40.6. The summed E-state index contributed by atoms with van der Waals surface area (Å²) in [7, 11) is 1.53. The summed E-state index contributed by atoms with van der Waals surface area (Å²) in [6.45, 7) is 6.76. The fraction of sp³-hybridized carbons (Fsp3) is 0.385. The van der Waals surface area contributed by atoms with Crippen LogP contribution in [0.2, 0.25) is 0 Å². The first-order chi connectivity index (χ1) is 9.81. The van der Waals surface area contributed by atoms with Gasteiger partial charge in [-0.05, 0) is 29.8 Å². The predicted molar refractivity (Wildman–Crippen MR) is 82.5 cm³/mol. The molecule has 8 heteroatoms. The third-order valence-corrected chi connectivity index (χ3v) is 3.98. The molecule has 112 valence electrons. The van der Waals surface area contributed by atoms with Gasteiger partial charge in [-0.1, -0.05) is 6.08 Å². The number of carbonyl (C=O) groups is 1. The lowest BCUT2D eigenvalue weighted by atomic mass is 10.2. The summed E-state index contributed by atoms with van der Waals surface area (Å²) in [5, 5.41) is 0. The zero-order valence-corrected chi connectivity index (χ0v) is 13.5. The summed E-state index contributed by atoms with van der Waals surface area (Å²) < 4.78 is 4.18.